The van der Waals surface area contributed by atoms with Crippen LogP contribution < -0.4 is 5.32 Å². The van der Waals surface area contributed by atoms with Gasteiger partial charge < -0.3 is 10.1 Å². The Morgan fingerprint density at radius 3 is 2.47 bits per heavy atom. The fourth-order valence-electron chi connectivity index (χ4n) is 1.26. The van der Waals surface area contributed by atoms with Gasteiger partial charge in [0.15, 0.2) is 6.61 Å². The van der Waals surface area contributed by atoms with Gasteiger partial charge in [-0.15, -0.1) is 0 Å². The third-order valence-electron chi connectivity index (χ3n) is 2.29. The zero-order valence-corrected chi connectivity index (χ0v) is 11.0. The monoisotopic (exact) mass is 260 g/mol. The normalized spacial score (nSPS) is 9.79. The Morgan fingerprint density at radius 1 is 1.32 bits per heavy atom. The maximum absolute atomic E-state index is 11.6. The Morgan fingerprint density at radius 2 is 1.95 bits per heavy atom. The van der Waals surface area contributed by atoms with Crippen LogP contribution in [0.15, 0.2) is 24.3 Å². The molecule has 0 aliphatic heterocycles. The Bertz CT molecular complexity index is 486. The lowest BCUT2D eigenvalue weighted by Gasteiger charge is -2.08. The van der Waals surface area contributed by atoms with E-state index in [2.05, 4.69) is 5.32 Å². The molecule has 0 unspecified atom stereocenters. The van der Waals surface area contributed by atoms with Crippen molar-refractivity contribution in [3.63, 3.8) is 0 Å². The van der Waals surface area contributed by atoms with Crippen LogP contribution in [0.25, 0.3) is 0 Å². The van der Waals surface area contributed by atoms with Gasteiger partial charge in [-0.25, -0.2) is 4.79 Å². The van der Waals surface area contributed by atoms with Crippen molar-refractivity contribution >= 4 is 11.9 Å². The summed E-state index contributed by atoms with van der Waals surface area (Å²) in [5.41, 5.74) is 0.780. The van der Waals surface area contributed by atoms with Gasteiger partial charge in [0.25, 0.3) is 5.91 Å². The first-order chi connectivity index (χ1) is 9.02. The number of nitrogens with zero attached hydrogens (tertiary/aromatic N) is 1. The zero-order valence-electron chi connectivity index (χ0n) is 11.0. The van der Waals surface area contributed by atoms with Gasteiger partial charge in [0.05, 0.1) is 17.2 Å². The van der Waals surface area contributed by atoms with Crippen molar-refractivity contribution in [3.05, 3.63) is 35.4 Å². The summed E-state index contributed by atoms with van der Waals surface area (Å²) in [6, 6.07) is 7.99. The van der Waals surface area contributed by atoms with E-state index in [4.69, 9.17) is 10.00 Å². The standard InChI is InChI=1S/C14H16N2O3/c1-10(2)8-16-13(17)9-19-14(18)12-5-3-11(7-15)4-6-12/h3-6,10H,8-9H2,1-2H3,(H,16,17). The number of carbonyl (C=O) groups is 2. The SMILES string of the molecule is CC(C)CNC(=O)COC(=O)c1ccc(C#N)cc1. The van der Waals surface area contributed by atoms with E-state index in [1.165, 1.54) is 24.3 Å². The van der Waals surface area contributed by atoms with E-state index in [9.17, 15) is 9.59 Å². The molecule has 0 radical (unpaired) electrons. The highest BCUT2D eigenvalue weighted by atomic mass is 16.5. The Labute approximate surface area is 112 Å². The smallest absolute Gasteiger partial charge is 0.338 e. The van der Waals surface area contributed by atoms with E-state index < -0.39 is 5.97 Å². The largest absolute Gasteiger partial charge is 0.452 e. The van der Waals surface area contributed by atoms with Crippen LogP contribution in [0, 0.1) is 17.2 Å². The third-order valence-corrected chi connectivity index (χ3v) is 2.29. The van der Waals surface area contributed by atoms with Crippen molar-refractivity contribution < 1.29 is 14.3 Å². The van der Waals surface area contributed by atoms with Crippen LogP contribution in [0.2, 0.25) is 0 Å². The van der Waals surface area contributed by atoms with Crippen molar-refractivity contribution in [2.75, 3.05) is 13.2 Å². The quantitative estimate of drug-likeness (QED) is 0.813. The fourth-order valence-corrected chi connectivity index (χ4v) is 1.26. The van der Waals surface area contributed by atoms with E-state index >= 15 is 0 Å². The molecule has 1 aromatic carbocycles. The highest BCUT2D eigenvalue weighted by Gasteiger charge is 2.10. The predicted molar refractivity (Wildman–Crippen MR) is 69.3 cm³/mol. The van der Waals surface area contributed by atoms with Gasteiger partial charge in [-0.3, -0.25) is 4.79 Å². The number of rotatable bonds is 5. The maximum Gasteiger partial charge on any atom is 0.338 e. The highest BCUT2D eigenvalue weighted by molar-refractivity contribution is 5.91. The predicted octanol–water partition coefficient (Wildman–Crippen LogP) is 1.49. The molecule has 1 aromatic rings. The summed E-state index contributed by atoms with van der Waals surface area (Å²) >= 11 is 0. The number of benzene rings is 1. The van der Waals surface area contributed by atoms with E-state index in [0.29, 0.717) is 23.6 Å². The number of esters is 1. The molecule has 1 rings (SSSR count). The van der Waals surface area contributed by atoms with Crippen molar-refractivity contribution in [3.8, 4) is 6.07 Å². The van der Waals surface area contributed by atoms with E-state index in [0.717, 1.165) is 0 Å². The average molecular weight is 260 g/mol. The molecule has 19 heavy (non-hydrogen) atoms. The molecule has 0 fully saturated rings. The maximum atomic E-state index is 11.6. The first-order valence-electron chi connectivity index (χ1n) is 5.97. The molecule has 5 nitrogen and oxygen atoms in total. The first-order valence-corrected chi connectivity index (χ1v) is 5.97. The fraction of sp³-hybridized carbons (Fsp3) is 0.357. The number of nitriles is 1. The van der Waals surface area contributed by atoms with Gasteiger partial charge in [-0.05, 0) is 30.2 Å². The number of hydrogen-bond donors (Lipinski definition) is 1. The number of hydrogen-bond acceptors (Lipinski definition) is 4. The highest BCUT2D eigenvalue weighted by Crippen LogP contribution is 2.04. The van der Waals surface area contributed by atoms with Crippen LogP contribution >= 0.6 is 0 Å². The minimum atomic E-state index is -0.579. The molecule has 0 saturated carbocycles. The second-order valence-corrected chi connectivity index (χ2v) is 4.46. The van der Waals surface area contributed by atoms with Crippen LogP contribution in [0.3, 0.4) is 0 Å². The summed E-state index contributed by atoms with van der Waals surface area (Å²) in [4.78, 5) is 23.0. The van der Waals surface area contributed by atoms with Crippen molar-refractivity contribution in [1.29, 1.82) is 5.26 Å². The molecular formula is C14H16N2O3. The van der Waals surface area contributed by atoms with Gasteiger partial charge in [-0.2, -0.15) is 5.26 Å². The second kappa shape index (κ2) is 7.17. The molecule has 5 heteroatoms. The van der Waals surface area contributed by atoms with Crippen LogP contribution in [0.1, 0.15) is 29.8 Å². The Hall–Kier alpha value is -2.35. The van der Waals surface area contributed by atoms with E-state index in [-0.39, 0.29) is 12.5 Å². The average Bonchev–Trinajstić information content (AvgIpc) is 2.42. The molecular weight excluding hydrogens is 244 g/mol. The summed E-state index contributed by atoms with van der Waals surface area (Å²) in [7, 11) is 0. The van der Waals surface area contributed by atoms with E-state index in [1.54, 1.807) is 0 Å². The molecule has 0 spiro atoms. The number of nitrogens with one attached hydrogen (secondary N) is 1. The van der Waals surface area contributed by atoms with E-state index in [1.807, 2.05) is 19.9 Å². The van der Waals surface area contributed by atoms with Crippen molar-refractivity contribution in [1.82, 2.24) is 5.32 Å². The lowest BCUT2D eigenvalue weighted by atomic mass is 10.1. The van der Waals surface area contributed by atoms with Crippen LogP contribution in [0.4, 0.5) is 0 Å². The van der Waals surface area contributed by atoms with Crippen molar-refractivity contribution in [2.45, 2.75) is 13.8 Å². The molecule has 0 heterocycles. The third kappa shape index (κ3) is 5.21. The summed E-state index contributed by atoms with van der Waals surface area (Å²) in [5.74, 6) is -0.557. The minimum Gasteiger partial charge on any atom is -0.452 e. The van der Waals surface area contributed by atoms with Gasteiger partial charge in [0, 0.05) is 6.54 Å². The zero-order chi connectivity index (χ0) is 14.3. The topological polar surface area (TPSA) is 79.2 Å². The molecule has 1 N–H and O–H groups in total. The minimum absolute atomic E-state index is 0.300. The summed E-state index contributed by atoms with van der Waals surface area (Å²) in [6.07, 6.45) is 0. The molecule has 0 atom stereocenters. The molecule has 0 saturated heterocycles. The number of carbonyl (C=O) groups excluding carboxylic acids is 2. The second-order valence-electron chi connectivity index (χ2n) is 4.46. The lowest BCUT2D eigenvalue weighted by molar-refractivity contribution is -0.124. The van der Waals surface area contributed by atoms with Crippen LogP contribution in [-0.2, 0) is 9.53 Å². The summed E-state index contributed by atoms with van der Waals surface area (Å²) in [5, 5.41) is 11.3. The van der Waals surface area contributed by atoms with Crippen LogP contribution in [-0.4, -0.2) is 25.0 Å². The molecule has 0 aliphatic carbocycles. The van der Waals surface area contributed by atoms with Gasteiger partial charge in [-0.1, -0.05) is 13.8 Å². The summed E-state index contributed by atoms with van der Waals surface area (Å²) < 4.78 is 4.86. The molecule has 0 bridgehead atoms. The van der Waals surface area contributed by atoms with Gasteiger partial charge in [0.1, 0.15) is 0 Å². The molecule has 100 valence electrons. The lowest BCUT2D eigenvalue weighted by Crippen LogP contribution is -2.31. The first kappa shape index (κ1) is 14.7. The number of amides is 1. The summed E-state index contributed by atoms with van der Waals surface area (Å²) in [6.45, 7) is 4.20. The Kier molecular flexibility index (Phi) is 5.55. The molecule has 0 aliphatic rings. The van der Waals surface area contributed by atoms with Gasteiger partial charge in [0.2, 0.25) is 0 Å². The Balaban J connectivity index is 2.42. The van der Waals surface area contributed by atoms with Crippen LogP contribution in [0.5, 0.6) is 0 Å². The van der Waals surface area contributed by atoms with Gasteiger partial charge >= 0.3 is 5.97 Å². The van der Waals surface area contributed by atoms with Crippen molar-refractivity contribution in [2.24, 2.45) is 5.92 Å². The molecule has 0 aromatic heterocycles. The molecule has 1 amide bonds. The number of ether oxygens (including phenoxy) is 1.